The molecule has 2 aromatic heterocycles. The second-order valence-corrected chi connectivity index (χ2v) is 13.3. The summed E-state index contributed by atoms with van der Waals surface area (Å²) in [5.41, 5.74) is 4.30. The molecule has 3 atom stereocenters. The van der Waals surface area contributed by atoms with Crippen LogP contribution in [-0.4, -0.2) is 82.0 Å². The topological polar surface area (TPSA) is 103 Å². The van der Waals surface area contributed by atoms with E-state index >= 15 is 0 Å². The molecule has 224 valence electrons. The van der Waals surface area contributed by atoms with Crippen molar-refractivity contribution in [1.82, 2.24) is 25.1 Å². The van der Waals surface area contributed by atoms with Gasteiger partial charge in [0.15, 0.2) is 5.75 Å². The summed E-state index contributed by atoms with van der Waals surface area (Å²) in [4.78, 5) is 38.5. The molecule has 0 spiro atoms. The van der Waals surface area contributed by atoms with E-state index in [0.717, 1.165) is 29.8 Å². The van der Waals surface area contributed by atoms with Crippen molar-refractivity contribution in [2.75, 3.05) is 39.6 Å². The quantitative estimate of drug-likeness (QED) is 0.256. The van der Waals surface area contributed by atoms with E-state index in [9.17, 15) is 9.59 Å². The first-order chi connectivity index (χ1) is 20.7. The fourth-order valence-electron chi connectivity index (χ4n) is 6.08. The van der Waals surface area contributed by atoms with E-state index in [2.05, 4.69) is 58.4 Å². The lowest BCUT2D eigenvalue weighted by atomic mass is 9.97. The summed E-state index contributed by atoms with van der Waals surface area (Å²) in [6, 6.07) is 7.33. The molecule has 6 rings (SSSR count). The van der Waals surface area contributed by atoms with Crippen LogP contribution in [0.2, 0.25) is 5.02 Å². The van der Waals surface area contributed by atoms with E-state index in [-0.39, 0.29) is 11.8 Å². The number of para-hydroxylation sites is 1. The van der Waals surface area contributed by atoms with E-state index in [1.54, 1.807) is 25.6 Å². The highest BCUT2D eigenvalue weighted by molar-refractivity contribution is 8.07. The summed E-state index contributed by atoms with van der Waals surface area (Å²) < 4.78 is 5.57. The Morgan fingerprint density at radius 2 is 2.19 bits per heavy atom. The van der Waals surface area contributed by atoms with E-state index in [1.165, 1.54) is 0 Å². The summed E-state index contributed by atoms with van der Waals surface area (Å²) in [6.45, 7) is 3.31. The highest BCUT2D eigenvalue weighted by Gasteiger charge is 2.45. The van der Waals surface area contributed by atoms with Crippen LogP contribution in [0.1, 0.15) is 47.8 Å². The second kappa shape index (κ2) is 11.8. The van der Waals surface area contributed by atoms with Gasteiger partial charge in [-0.3, -0.25) is 19.5 Å². The summed E-state index contributed by atoms with van der Waals surface area (Å²) >= 11 is 8.26. The normalized spacial score (nSPS) is 22.5. The van der Waals surface area contributed by atoms with Crippen molar-refractivity contribution >= 4 is 46.6 Å². The van der Waals surface area contributed by atoms with E-state index in [0.29, 0.717) is 69.8 Å². The largest absolute Gasteiger partial charge is 0.493 e. The number of aromatic amines is 1. The molecule has 0 aliphatic carbocycles. The van der Waals surface area contributed by atoms with Gasteiger partial charge in [-0.2, -0.15) is 0 Å². The molecule has 3 aliphatic heterocycles. The van der Waals surface area contributed by atoms with Crippen molar-refractivity contribution in [3.8, 4) is 28.8 Å². The summed E-state index contributed by atoms with van der Waals surface area (Å²) in [6.07, 6.45) is 6.37. The Hall–Kier alpha value is -3.65. The number of H-pyrrole nitrogens is 1. The molecule has 43 heavy (non-hydrogen) atoms. The van der Waals surface area contributed by atoms with Crippen LogP contribution < -0.4 is 15.4 Å². The number of pyridine rings is 1. The molecule has 0 radical (unpaired) electrons. The monoisotopic (exact) mass is 618 g/mol. The molecule has 0 bridgehead atoms. The number of hydrogen-bond donors (Lipinski definition) is 3. The number of carbonyl (C=O) groups is 2. The van der Waals surface area contributed by atoms with E-state index in [4.69, 9.17) is 16.3 Å². The summed E-state index contributed by atoms with van der Waals surface area (Å²) in [5, 5.41) is 7.59. The maximum Gasteiger partial charge on any atom is 0.255 e. The molecule has 9 nitrogen and oxygen atoms in total. The minimum Gasteiger partial charge on any atom is -0.493 e. The van der Waals surface area contributed by atoms with Crippen molar-refractivity contribution in [2.24, 2.45) is 0 Å². The van der Waals surface area contributed by atoms with Gasteiger partial charge in [0.1, 0.15) is 5.54 Å². The van der Waals surface area contributed by atoms with Crippen LogP contribution in [-0.2, 0) is 11.2 Å². The first-order valence-corrected chi connectivity index (χ1v) is 15.7. The number of aromatic nitrogens is 2. The van der Waals surface area contributed by atoms with Crippen LogP contribution >= 0.6 is 23.4 Å². The SMILES string of the molecule is COc1c(Cl)cccc1Nc1c(-c2ccncc2C#C[C@@]2(C)CCCN2C(=O)C[C@@H]2S[C@H]2N(C)C)[nH]c2c1C(=O)NCC2. The molecule has 3 aromatic rings. The third-order valence-corrected chi connectivity index (χ3v) is 10.1. The molecule has 1 aromatic carbocycles. The van der Waals surface area contributed by atoms with Crippen molar-refractivity contribution < 1.29 is 14.3 Å². The van der Waals surface area contributed by atoms with Gasteiger partial charge < -0.3 is 25.3 Å². The van der Waals surface area contributed by atoms with Gasteiger partial charge in [0.2, 0.25) is 5.91 Å². The number of thioether (sulfide) groups is 1. The second-order valence-electron chi connectivity index (χ2n) is 11.5. The van der Waals surface area contributed by atoms with Crippen LogP contribution in [0.15, 0.2) is 36.7 Å². The fourth-order valence-corrected chi connectivity index (χ4v) is 7.42. The van der Waals surface area contributed by atoms with Crippen molar-refractivity contribution in [3.05, 3.63) is 58.5 Å². The summed E-state index contributed by atoms with van der Waals surface area (Å²) in [7, 11) is 5.67. The third-order valence-electron chi connectivity index (χ3n) is 8.34. The molecular weight excluding hydrogens is 584 g/mol. The summed E-state index contributed by atoms with van der Waals surface area (Å²) in [5.74, 6) is 7.31. The number of hydrogen-bond acceptors (Lipinski definition) is 7. The van der Waals surface area contributed by atoms with Gasteiger partial charge in [0, 0.05) is 54.8 Å². The number of anilines is 2. The smallest absolute Gasteiger partial charge is 0.255 e. The van der Waals surface area contributed by atoms with E-state index in [1.807, 2.05) is 34.9 Å². The number of carbonyl (C=O) groups excluding carboxylic acids is 2. The van der Waals surface area contributed by atoms with Crippen LogP contribution in [0.4, 0.5) is 11.4 Å². The number of rotatable bonds is 7. The average Bonchev–Trinajstić information content (AvgIpc) is 3.50. The fraction of sp³-hybridized carbons (Fsp3) is 0.406. The Bertz CT molecular complexity index is 1650. The molecule has 0 saturated carbocycles. The molecule has 5 heterocycles. The van der Waals surface area contributed by atoms with Crippen molar-refractivity contribution in [1.29, 1.82) is 0 Å². The minimum absolute atomic E-state index is 0.160. The number of benzene rings is 1. The number of nitrogens with one attached hydrogen (secondary N) is 3. The molecule has 3 N–H and O–H groups in total. The van der Waals surface area contributed by atoms with Gasteiger partial charge in [0.25, 0.3) is 5.91 Å². The maximum absolute atomic E-state index is 13.4. The lowest BCUT2D eigenvalue weighted by molar-refractivity contribution is -0.133. The molecule has 2 fully saturated rings. The highest BCUT2D eigenvalue weighted by Crippen LogP contribution is 2.46. The molecule has 2 saturated heterocycles. The van der Waals surface area contributed by atoms with Crippen LogP contribution in [0.25, 0.3) is 11.3 Å². The van der Waals surface area contributed by atoms with Crippen LogP contribution in [0.3, 0.4) is 0 Å². The standard InChI is InChI=1S/C32H35ClN6O3S/c1-32(12-6-16-39(32)25(40)17-24-31(43-24)38(2)3)13-9-19-18-34-14-10-20(19)27-28(26-22(36-27)11-15-35-30(26)41)37-23-8-5-7-21(33)29(23)42-4/h5,7-8,10,14,18,24,31,36-37H,6,11-12,15-17H2,1-4H3,(H,35,41)/t24-,31+,32+/m0/s1. The predicted octanol–water partition coefficient (Wildman–Crippen LogP) is 4.89. The number of methoxy groups -OCH3 is 1. The number of fused-ring (bicyclic) bond motifs is 1. The third kappa shape index (κ3) is 5.69. The lowest BCUT2D eigenvalue weighted by Crippen LogP contribution is -2.44. The molecular formula is C32H35ClN6O3S. The van der Waals surface area contributed by atoms with Gasteiger partial charge in [-0.25, -0.2) is 0 Å². The van der Waals surface area contributed by atoms with Gasteiger partial charge in [-0.1, -0.05) is 29.5 Å². The van der Waals surface area contributed by atoms with E-state index < -0.39 is 5.54 Å². The Morgan fingerprint density at radius 3 is 2.95 bits per heavy atom. The van der Waals surface area contributed by atoms with Crippen LogP contribution in [0.5, 0.6) is 5.75 Å². The molecule has 11 heteroatoms. The van der Waals surface area contributed by atoms with Crippen molar-refractivity contribution in [2.45, 2.75) is 48.8 Å². The number of nitrogens with zero attached hydrogens (tertiary/aromatic N) is 3. The maximum atomic E-state index is 13.4. The zero-order chi connectivity index (χ0) is 30.3. The Morgan fingerprint density at radius 1 is 1.35 bits per heavy atom. The lowest BCUT2D eigenvalue weighted by Gasteiger charge is -2.30. The molecule has 3 aliphatic rings. The molecule has 2 amide bonds. The van der Waals surface area contributed by atoms with Gasteiger partial charge in [0.05, 0.1) is 45.7 Å². The predicted molar refractivity (Wildman–Crippen MR) is 171 cm³/mol. The highest BCUT2D eigenvalue weighted by atomic mass is 35.5. The van der Waals surface area contributed by atoms with Crippen molar-refractivity contribution in [3.63, 3.8) is 0 Å². The van der Waals surface area contributed by atoms with Gasteiger partial charge in [-0.05, 0) is 52.1 Å². The Balaban J connectivity index is 1.36. The first-order valence-electron chi connectivity index (χ1n) is 14.4. The first kappa shape index (κ1) is 29.4. The Kier molecular flexibility index (Phi) is 8.07. The zero-order valence-electron chi connectivity index (χ0n) is 24.7. The van der Waals surface area contributed by atoms with Gasteiger partial charge >= 0.3 is 0 Å². The van der Waals surface area contributed by atoms with Crippen LogP contribution in [0, 0.1) is 11.8 Å². The minimum atomic E-state index is -0.568. The number of likely N-dealkylation sites (tertiary alicyclic amines) is 1. The Labute approximate surface area is 261 Å². The zero-order valence-corrected chi connectivity index (χ0v) is 26.3. The average molecular weight is 619 g/mol. The number of halogens is 1. The van der Waals surface area contributed by atoms with Gasteiger partial charge in [-0.15, -0.1) is 11.8 Å². The number of ether oxygens (including phenoxy) is 1. The number of amides is 2. The molecule has 0 unspecified atom stereocenters.